The molecule has 0 saturated carbocycles. The Labute approximate surface area is 92.3 Å². The second-order valence-electron chi connectivity index (χ2n) is 3.10. The first-order valence-corrected chi connectivity index (χ1v) is 5.63. The molecule has 0 bridgehead atoms. The second-order valence-corrected chi connectivity index (χ2v) is 4.07. The molecule has 0 radical (unpaired) electrons. The molecule has 78 valence electrons. The summed E-state index contributed by atoms with van der Waals surface area (Å²) in [7, 11) is 0. The number of thioether (sulfide) groups is 1. The van der Waals surface area contributed by atoms with Gasteiger partial charge in [-0.2, -0.15) is 5.10 Å². The van der Waals surface area contributed by atoms with Crippen LogP contribution in [0, 0.1) is 0 Å². The van der Waals surface area contributed by atoms with E-state index >= 15 is 0 Å². The van der Waals surface area contributed by atoms with Gasteiger partial charge in [-0.25, -0.2) is 4.98 Å². The van der Waals surface area contributed by atoms with Crippen LogP contribution >= 0.6 is 11.8 Å². The number of hydrogen-bond donors (Lipinski definition) is 2. The lowest BCUT2D eigenvalue weighted by Gasteiger charge is -2.01. The summed E-state index contributed by atoms with van der Waals surface area (Å²) >= 11 is 1.63. The van der Waals surface area contributed by atoms with Gasteiger partial charge in [0.15, 0.2) is 5.16 Å². The number of aromatic nitrogens is 3. The average molecular weight is 220 g/mol. The number of nitrogens with one attached hydrogen (secondary N) is 1. The largest absolute Gasteiger partial charge is 0.326 e. The van der Waals surface area contributed by atoms with E-state index in [-0.39, 0.29) is 0 Å². The van der Waals surface area contributed by atoms with Gasteiger partial charge in [0.2, 0.25) is 0 Å². The Kier molecular flexibility index (Phi) is 3.37. The number of H-pyrrole nitrogens is 1. The van der Waals surface area contributed by atoms with E-state index in [4.69, 9.17) is 5.73 Å². The molecule has 1 heterocycles. The van der Waals surface area contributed by atoms with Crippen molar-refractivity contribution in [3.05, 3.63) is 41.7 Å². The highest BCUT2D eigenvalue weighted by molar-refractivity contribution is 7.98. The molecule has 15 heavy (non-hydrogen) atoms. The zero-order chi connectivity index (χ0) is 10.5. The molecule has 0 aliphatic carbocycles. The lowest BCUT2D eigenvalue weighted by molar-refractivity contribution is 0.972. The zero-order valence-corrected chi connectivity index (χ0v) is 9.00. The standard InChI is InChI=1S/C10H12N4S/c11-5-8-2-1-3-9(4-8)6-15-10-12-7-13-14-10/h1-4,7H,5-6,11H2,(H,12,13,14). The zero-order valence-electron chi connectivity index (χ0n) is 8.18. The monoisotopic (exact) mass is 220 g/mol. The SMILES string of the molecule is NCc1cccc(CSc2ncn[nH]2)c1. The fraction of sp³-hybridized carbons (Fsp3) is 0.200. The molecule has 0 unspecified atom stereocenters. The molecule has 4 nitrogen and oxygen atoms in total. The minimum Gasteiger partial charge on any atom is -0.326 e. The molecule has 2 aromatic rings. The van der Waals surface area contributed by atoms with E-state index in [2.05, 4.69) is 27.3 Å². The van der Waals surface area contributed by atoms with Gasteiger partial charge in [-0.1, -0.05) is 36.0 Å². The number of nitrogens with zero attached hydrogens (tertiary/aromatic N) is 2. The molecule has 2 rings (SSSR count). The Balaban J connectivity index is 1.98. The molecule has 1 aromatic carbocycles. The molecule has 0 spiro atoms. The third-order valence-corrected chi connectivity index (χ3v) is 2.94. The van der Waals surface area contributed by atoms with E-state index in [1.165, 1.54) is 11.9 Å². The van der Waals surface area contributed by atoms with Crippen LogP contribution in [0.3, 0.4) is 0 Å². The number of benzene rings is 1. The highest BCUT2D eigenvalue weighted by Gasteiger charge is 1.99. The average Bonchev–Trinajstić information content (AvgIpc) is 2.79. The second kappa shape index (κ2) is 4.95. The quantitative estimate of drug-likeness (QED) is 0.767. The maximum absolute atomic E-state index is 5.57. The van der Waals surface area contributed by atoms with E-state index in [0.29, 0.717) is 6.54 Å². The van der Waals surface area contributed by atoms with Crippen LogP contribution in [-0.2, 0) is 12.3 Å². The van der Waals surface area contributed by atoms with Crippen molar-refractivity contribution in [2.45, 2.75) is 17.5 Å². The Morgan fingerprint density at radius 3 is 2.93 bits per heavy atom. The highest BCUT2D eigenvalue weighted by Crippen LogP contribution is 2.18. The van der Waals surface area contributed by atoms with Crippen molar-refractivity contribution in [1.29, 1.82) is 0 Å². The maximum atomic E-state index is 5.57. The van der Waals surface area contributed by atoms with Crippen LogP contribution in [0.15, 0.2) is 35.7 Å². The molecule has 5 heteroatoms. The van der Waals surface area contributed by atoms with Crippen molar-refractivity contribution in [2.75, 3.05) is 0 Å². The van der Waals surface area contributed by atoms with E-state index in [0.717, 1.165) is 16.5 Å². The predicted molar refractivity (Wildman–Crippen MR) is 60.3 cm³/mol. The van der Waals surface area contributed by atoms with Gasteiger partial charge in [0.05, 0.1) is 0 Å². The lowest BCUT2D eigenvalue weighted by Crippen LogP contribution is -1.96. The van der Waals surface area contributed by atoms with Crippen molar-refractivity contribution in [3.8, 4) is 0 Å². The van der Waals surface area contributed by atoms with Gasteiger partial charge >= 0.3 is 0 Å². The van der Waals surface area contributed by atoms with Crippen LogP contribution < -0.4 is 5.73 Å². The fourth-order valence-electron chi connectivity index (χ4n) is 1.26. The van der Waals surface area contributed by atoms with Crippen molar-refractivity contribution in [2.24, 2.45) is 5.73 Å². The van der Waals surface area contributed by atoms with E-state index in [9.17, 15) is 0 Å². The van der Waals surface area contributed by atoms with Crippen LogP contribution in [0.4, 0.5) is 0 Å². The van der Waals surface area contributed by atoms with Crippen LogP contribution in [0.5, 0.6) is 0 Å². The normalized spacial score (nSPS) is 10.5. The summed E-state index contributed by atoms with van der Waals surface area (Å²) in [5, 5.41) is 7.45. The topological polar surface area (TPSA) is 67.6 Å². The van der Waals surface area contributed by atoms with Crippen molar-refractivity contribution in [3.63, 3.8) is 0 Å². The molecule has 0 fully saturated rings. The summed E-state index contributed by atoms with van der Waals surface area (Å²) in [6, 6.07) is 8.26. The van der Waals surface area contributed by atoms with Crippen LogP contribution in [0.25, 0.3) is 0 Å². The maximum Gasteiger partial charge on any atom is 0.183 e. The van der Waals surface area contributed by atoms with Gasteiger partial charge < -0.3 is 5.73 Å². The summed E-state index contributed by atoms with van der Waals surface area (Å²) in [5.41, 5.74) is 7.98. The van der Waals surface area contributed by atoms with Crippen molar-refractivity contribution in [1.82, 2.24) is 15.2 Å². The first-order valence-electron chi connectivity index (χ1n) is 4.64. The predicted octanol–water partition coefficient (Wildman–Crippen LogP) is 1.56. The summed E-state index contributed by atoms with van der Waals surface area (Å²) in [4.78, 5) is 4.05. The number of nitrogens with two attached hydrogens (primary N) is 1. The van der Waals surface area contributed by atoms with Gasteiger partial charge in [0.1, 0.15) is 6.33 Å². The van der Waals surface area contributed by atoms with E-state index in [1.54, 1.807) is 11.8 Å². The Hall–Kier alpha value is -1.33. The first-order chi connectivity index (χ1) is 7.38. The van der Waals surface area contributed by atoms with Crippen LogP contribution in [0.2, 0.25) is 0 Å². The van der Waals surface area contributed by atoms with E-state index < -0.39 is 0 Å². The number of aromatic amines is 1. The molecule has 0 aliphatic heterocycles. The lowest BCUT2D eigenvalue weighted by atomic mass is 10.1. The van der Waals surface area contributed by atoms with Gasteiger partial charge in [0, 0.05) is 12.3 Å². The van der Waals surface area contributed by atoms with E-state index in [1.807, 2.05) is 12.1 Å². The molecule has 0 amide bonds. The number of rotatable bonds is 4. The van der Waals surface area contributed by atoms with Gasteiger partial charge in [0.25, 0.3) is 0 Å². The highest BCUT2D eigenvalue weighted by atomic mass is 32.2. The minimum atomic E-state index is 0.584. The summed E-state index contributed by atoms with van der Waals surface area (Å²) in [5.74, 6) is 0.878. The first kappa shape index (κ1) is 10.2. The molecular weight excluding hydrogens is 208 g/mol. The Morgan fingerprint density at radius 2 is 2.20 bits per heavy atom. The van der Waals surface area contributed by atoms with Crippen LogP contribution in [0.1, 0.15) is 11.1 Å². The summed E-state index contributed by atoms with van der Waals surface area (Å²) in [6.07, 6.45) is 1.51. The summed E-state index contributed by atoms with van der Waals surface area (Å²) < 4.78 is 0. The summed E-state index contributed by atoms with van der Waals surface area (Å²) in [6.45, 7) is 0.584. The molecule has 1 aromatic heterocycles. The van der Waals surface area contributed by atoms with Crippen molar-refractivity contribution < 1.29 is 0 Å². The van der Waals surface area contributed by atoms with Crippen molar-refractivity contribution >= 4 is 11.8 Å². The molecular formula is C10H12N4S. The third-order valence-electron chi connectivity index (χ3n) is 2.00. The molecule has 0 atom stereocenters. The van der Waals surface area contributed by atoms with Crippen LogP contribution in [-0.4, -0.2) is 15.2 Å². The molecule has 0 aliphatic rings. The Bertz CT molecular complexity index is 413. The smallest absolute Gasteiger partial charge is 0.183 e. The fourth-order valence-corrected chi connectivity index (χ4v) is 1.98. The molecule has 0 saturated heterocycles. The molecule has 3 N–H and O–H groups in total. The van der Waals surface area contributed by atoms with Gasteiger partial charge in [-0.05, 0) is 11.1 Å². The Morgan fingerprint density at radius 1 is 1.33 bits per heavy atom. The van der Waals surface area contributed by atoms with Gasteiger partial charge in [-0.15, -0.1) is 0 Å². The third kappa shape index (κ3) is 2.81. The number of hydrogen-bond acceptors (Lipinski definition) is 4. The van der Waals surface area contributed by atoms with Gasteiger partial charge in [-0.3, -0.25) is 5.10 Å². The minimum absolute atomic E-state index is 0.584.